The predicted octanol–water partition coefficient (Wildman–Crippen LogP) is 3.52. The molecule has 1 radical (unpaired) electrons. The fourth-order valence-electron chi connectivity index (χ4n) is 2.16. The van der Waals surface area contributed by atoms with Gasteiger partial charge < -0.3 is 10.1 Å². The molecule has 1 saturated carbocycles. The summed E-state index contributed by atoms with van der Waals surface area (Å²) in [7, 11) is 0. The maximum Gasteiger partial charge on any atom is 0.233 e. The highest BCUT2D eigenvalue weighted by Crippen LogP contribution is 2.27. The first-order valence-corrected chi connectivity index (χ1v) is 7.64. The van der Waals surface area contributed by atoms with Crippen LogP contribution in [0.25, 0.3) is 0 Å². The molecule has 0 bridgehead atoms. The van der Waals surface area contributed by atoms with Gasteiger partial charge >= 0.3 is 0 Å². The summed E-state index contributed by atoms with van der Waals surface area (Å²) in [6.07, 6.45) is 6.93. The highest BCUT2D eigenvalue weighted by molar-refractivity contribution is 14.1. The molecule has 1 aliphatic carbocycles. The molecule has 19 heavy (non-hydrogen) atoms. The van der Waals surface area contributed by atoms with E-state index >= 15 is 0 Å². The summed E-state index contributed by atoms with van der Waals surface area (Å²) in [5.41, 5.74) is 0.494. The van der Waals surface area contributed by atoms with E-state index in [-0.39, 0.29) is 0 Å². The lowest BCUT2D eigenvalue weighted by molar-refractivity contribution is 0.326. The number of anilines is 1. The van der Waals surface area contributed by atoms with Gasteiger partial charge in [-0.05, 0) is 67.7 Å². The van der Waals surface area contributed by atoms with Crippen LogP contribution in [0.3, 0.4) is 0 Å². The van der Waals surface area contributed by atoms with E-state index in [1.807, 2.05) is 13.0 Å². The van der Waals surface area contributed by atoms with Crippen molar-refractivity contribution in [2.75, 3.05) is 11.9 Å². The van der Waals surface area contributed by atoms with Crippen molar-refractivity contribution in [3.8, 4) is 11.9 Å². The number of hydrogen-bond acceptors (Lipinski definition) is 4. The molecule has 0 atom stereocenters. The van der Waals surface area contributed by atoms with Crippen molar-refractivity contribution in [2.45, 2.75) is 38.6 Å². The highest BCUT2D eigenvalue weighted by Gasteiger charge is 2.17. The summed E-state index contributed by atoms with van der Waals surface area (Å²) in [6.45, 7) is 2.41. The van der Waals surface area contributed by atoms with Crippen LogP contribution in [0.15, 0.2) is 6.07 Å². The Hall–Kier alpha value is -1.03. The van der Waals surface area contributed by atoms with Crippen LogP contribution in [0.4, 0.5) is 5.82 Å². The Balaban J connectivity index is 2.19. The Bertz CT molecular complexity index is 478. The molecule has 101 valence electrons. The molecule has 0 spiro atoms. The summed E-state index contributed by atoms with van der Waals surface area (Å²) in [5, 5.41) is 12.6. The lowest BCUT2D eigenvalue weighted by Gasteiger charge is -2.24. The van der Waals surface area contributed by atoms with Crippen molar-refractivity contribution >= 4 is 28.4 Å². The molecule has 1 aliphatic rings. The third-order valence-electron chi connectivity index (χ3n) is 3.12. The molecular weight excluding hydrogens is 353 g/mol. The first-order valence-electron chi connectivity index (χ1n) is 6.56. The zero-order valence-corrected chi connectivity index (χ0v) is 13.1. The average molecular weight is 370 g/mol. The number of rotatable bonds is 4. The van der Waals surface area contributed by atoms with Crippen LogP contribution in [0.5, 0.6) is 5.88 Å². The zero-order chi connectivity index (χ0) is 13.7. The van der Waals surface area contributed by atoms with E-state index in [1.54, 1.807) is 0 Å². The van der Waals surface area contributed by atoms with Gasteiger partial charge in [0.2, 0.25) is 5.88 Å². The molecule has 2 rings (SSSR count). The normalized spacial score (nSPS) is 15.8. The number of pyridine rings is 1. The molecule has 1 aromatic rings. The van der Waals surface area contributed by atoms with Crippen LogP contribution in [-0.2, 0) is 0 Å². The smallest absolute Gasteiger partial charge is 0.233 e. The van der Waals surface area contributed by atoms with Crippen LogP contribution < -0.4 is 10.1 Å². The second kappa shape index (κ2) is 6.94. The summed E-state index contributed by atoms with van der Waals surface area (Å²) in [4.78, 5) is 4.45. The lowest BCUT2D eigenvalue weighted by atomic mass is 9.95. The summed E-state index contributed by atoms with van der Waals surface area (Å²) in [5.74, 6) is 1.25. The van der Waals surface area contributed by atoms with Crippen molar-refractivity contribution in [2.24, 2.45) is 0 Å². The molecule has 5 heteroatoms. The third-order valence-corrected chi connectivity index (χ3v) is 3.94. The van der Waals surface area contributed by atoms with E-state index < -0.39 is 0 Å². The number of halogens is 1. The molecule has 1 aromatic heterocycles. The van der Waals surface area contributed by atoms with Gasteiger partial charge in [0, 0.05) is 6.04 Å². The average Bonchev–Trinajstić information content (AvgIpc) is 2.43. The van der Waals surface area contributed by atoms with E-state index in [1.165, 1.54) is 0 Å². The zero-order valence-electron chi connectivity index (χ0n) is 10.9. The molecule has 0 aliphatic heterocycles. The first kappa shape index (κ1) is 14.4. The number of ether oxygens (including phenoxy) is 1. The molecule has 0 amide bonds. The van der Waals surface area contributed by atoms with Gasteiger partial charge in [-0.15, -0.1) is 0 Å². The van der Waals surface area contributed by atoms with Gasteiger partial charge in [0.25, 0.3) is 0 Å². The van der Waals surface area contributed by atoms with Gasteiger partial charge in [-0.2, -0.15) is 10.2 Å². The minimum Gasteiger partial charge on any atom is -0.477 e. The molecule has 1 N–H and O–H groups in total. The highest BCUT2D eigenvalue weighted by atomic mass is 127. The number of nitrogens with one attached hydrogen (secondary N) is 1. The van der Waals surface area contributed by atoms with Gasteiger partial charge in [-0.1, -0.05) is 0 Å². The Morgan fingerprint density at radius 3 is 2.89 bits per heavy atom. The molecule has 4 nitrogen and oxygen atoms in total. The second-order valence-corrected chi connectivity index (χ2v) is 5.66. The van der Waals surface area contributed by atoms with E-state index in [2.05, 4.69) is 45.4 Å². The number of nitrogens with zero attached hydrogens (tertiary/aromatic N) is 2. The minimum atomic E-state index is 0.426. The predicted molar refractivity (Wildman–Crippen MR) is 83.0 cm³/mol. The molecule has 0 aromatic carbocycles. The Morgan fingerprint density at radius 2 is 2.26 bits per heavy atom. The van der Waals surface area contributed by atoms with Crippen LogP contribution in [0.2, 0.25) is 0 Å². The van der Waals surface area contributed by atoms with Crippen molar-refractivity contribution in [3.63, 3.8) is 0 Å². The second-order valence-electron chi connectivity index (χ2n) is 4.50. The fraction of sp³-hybridized carbons (Fsp3) is 0.500. The van der Waals surface area contributed by atoms with Crippen molar-refractivity contribution in [1.82, 2.24) is 4.98 Å². The largest absolute Gasteiger partial charge is 0.477 e. The standard InChI is InChI=1S/C14H17IN3O/c1-2-19-14-10(9-16)8-12(15)13(18-14)17-11-6-4-3-5-7-11/h3,8,11H,2,4-7H2,1H3,(H,17,18). The Labute approximate surface area is 127 Å². The van der Waals surface area contributed by atoms with Gasteiger partial charge in [-0.3, -0.25) is 0 Å². The molecule has 0 saturated heterocycles. The number of aromatic nitrogens is 1. The summed E-state index contributed by atoms with van der Waals surface area (Å²) >= 11 is 2.21. The van der Waals surface area contributed by atoms with Gasteiger partial charge in [0.1, 0.15) is 17.5 Å². The van der Waals surface area contributed by atoms with Crippen LogP contribution in [0.1, 0.15) is 38.2 Å². The van der Waals surface area contributed by atoms with Gasteiger partial charge in [0.15, 0.2) is 0 Å². The lowest BCUT2D eigenvalue weighted by Crippen LogP contribution is -2.23. The number of hydrogen-bond donors (Lipinski definition) is 1. The van der Waals surface area contributed by atoms with Crippen LogP contribution in [-0.4, -0.2) is 17.6 Å². The molecule has 1 heterocycles. The summed E-state index contributed by atoms with van der Waals surface area (Å²) < 4.78 is 6.39. The van der Waals surface area contributed by atoms with Crippen molar-refractivity contribution in [3.05, 3.63) is 21.6 Å². The first-order chi connectivity index (χ1) is 9.24. The maximum absolute atomic E-state index is 9.08. The number of nitriles is 1. The monoisotopic (exact) mass is 370 g/mol. The Kier molecular flexibility index (Phi) is 5.25. The van der Waals surface area contributed by atoms with E-state index in [0.717, 1.165) is 35.1 Å². The van der Waals surface area contributed by atoms with Gasteiger partial charge in [-0.25, -0.2) is 0 Å². The maximum atomic E-state index is 9.08. The minimum absolute atomic E-state index is 0.426. The topological polar surface area (TPSA) is 57.9 Å². The van der Waals surface area contributed by atoms with Crippen molar-refractivity contribution < 1.29 is 4.74 Å². The van der Waals surface area contributed by atoms with E-state index in [0.29, 0.717) is 24.1 Å². The van der Waals surface area contributed by atoms with Crippen LogP contribution in [0, 0.1) is 21.3 Å². The molecule has 1 fully saturated rings. The van der Waals surface area contributed by atoms with E-state index in [4.69, 9.17) is 10.00 Å². The van der Waals surface area contributed by atoms with Crippen molar-refractivity contribution in [1.29, 1.82) is 5.26 Å². The quantitative estimate of drug-likeness (QED) is 0.825. The summed E-state index contributed by atoms with van der Waals surface area (Å²) in [6, 6.07) is 4.42. The fourth-order valence-corrected chi connectivity index (χ4v) is 2.75. The third kappa shape index (κ3) is 3.72. The molecule has 0 unspecified atom stereocenters. The van der Waals surface area contributed by atoms with Crippen LogP contribution >= 0.6 is 22.6 Å². The van der Waals surface area contributed by atoms with Gasteiger partial charge in [0.05, 0.1) is 10.2 Å². The molecular formula is C14H17IN3O. The SMILES string of the molecule is CCOc1nc(NC2CC[CH]CC2)c(I)cc1C#N. The Morgan fingerprint density at radius 1 is 1.53 bits per heavy atom. The van der Waals surface area contributed by atoms with E-state index in [9.17, 15) is 0 Å².